The maximum atomic E-state index is 12.9. The standard InChI is InChI=1S/C25H21N3O3/c1-16-7-9-19(10-8-16)27-28-23-21-6-4-3-5-17(21)15-22(24(23)29)25(30)26-18-11-13-20(31-2)14-12-18/h3-15,29H,1-2H3,(H,26,30). The normalized spacial score (nSPS) is 11.0. The van der Waals surface area contributed by atoms with E-state index in [0.29, 0.717) is 22.5 Å². The molecule has 0 radical (unpaired) electrons. The van der Waals surface area contributed by atoms with Crippen LogP contribution in [-0.4, -0.2) is 18.1 Å². The molecule has 0 aliphatic carbocycles. The molecule has 31 heavy (non-hydrogen) atoms. The number of fused-ring (bicyclic) bond motifs is 1. The second-order valence-corrected chi connectivity index (χ2v) is 7.06. The van der Waals surface area contributed by atoms with Crippen molar-refractivity contribution in [3.63, 3.8) is 0 Å². The molecule has 0 aromatic heterocycles. The highest BCUT2D eigenvalue weighted by molar-refractivity contribution is 6.11. The van der Waals surface area contributed by atoms with Crippen molar-refractivity contribution < 1.29 is 14.6 Å². The van der Waals surface area contributed by atoms with Crippen LogP contribution in [0.1, 0.15) is 15.9 Å². The number of nitrogens with zero attached hydrogens (tertiary/aromatic N) is 2. The number of benzene rings is 4. The number of phenols is 1. The van der Waals surface area contributed by atoms with E-state index in [1.165, 1.54) is 0 Å². The van der Waals surface area contributed by atoms with E-state index in [9.17, 15) is 9.90 Å². The number of amides is 1. The number of phenolic OH excluding ortho intramolecular Hbond substituents is 1. The summed E-state index contributed by atoms with van der Waals surface area (Å²) in [7, 11) is 1.58. The summed E-state index contributed by atoms with van der Waals surface area (Å²) in [5.74, 6) is 0.0196. The highest BCUT2D eigenvalue weighted by atomic mass is 16.5. The summed E-state index contributed by atoms with van der Waals surface area (Å²) in [6, 6.07) is 23.6. The van der Waals surface area contributed by atoms with Crippen molar-refractivity contribution in [1.29, 1.82) is 0 Å². The van der Waals surface area contributed by atoms with Crippen molar-refractivity contribution in [1.82, 2.24) is 0 Å². The van der Waals surface area contributed by atoms with Gasteiger partial charge < -0.3 is 15.2 Å². The van der Waals surface area contributed by atoms with Crippen molar-refractivity contribution in [3.8, 4) is 11.5 Å². The molecular formula is C25H21N3O3. The van der Waals surface area contributed by atoms with Gasteiger partial charge in [0.15, 0.2) is 5.75 Å². The summed E-state index contributed by atoms with van der Waals surface area (Å²) in [4.78, 5) is 12.9. The third-order valence-electron chi connectivity index (χ3n) is 4.89. The molecule has 4 aromatic carbocycles. The van der Waals surface area contributed by atoms with Gasteiger partial charge in [-0.05, 0) is 54.8 Å². The Balaban J connectivity index is 1.72. The van der Waals surface area contributed by atoms with E-state index in [2.05, 4.69) is 15.5 Å². The smallest absolute Gasteiger partial charge is 0.259 e. The molecular weight excluding hydrogens is 390 g/mol. The third-order valence-corrected chi connectivity index (χ3v) is 4.89. The second kappa shape index (κ2) is 8.67. The number of nitrogens with one attached hydrogen (secondary N) is 1. The van der Waals surface area contributed by atoms with E-state index in [1.807, 2.05) is 55.5 Å². The number of carbonyl (C=O) groups is 1. The lowest BCUT2D eigenvalue weighted by Gasteiger charge is -2.11. The Morgan fingerprint density at radius 3 is 2.35 bits per heavy atom. The molecule has 6 heteroatoms. The SMILES string of the molecule is COc1ccc(NC(=O)c2cc3ccccc3c(N=Nc3ccc(C)cc3)c2O)cc1. The van der Waals surface area contributed by atoms with Gasteiger partial charge in [0.25, 0.3) is 5.91 Å². The minimum atomic E-state index is -0.444. The largest absolute Gasteiger partial charge is 0.505 e. The van der Waals surface area contributed by atoms with E-state index >= 15 is 0 Å². The summed E-state index contributed by atoms with van der Waals surface area (Å²) in [6.45, 7) is 1.99. The molecule has 0 atom stereocenters. The topological polar surface area (TPSA) is 83.3 Å². The first-order chi connectivity index (χ1) is 15.0. The monoisotopic (exact) mass is 411 g/mol. The number of aryl methyl sites for hydroxylation is 1. The highest BCUT2D eigenvalue weighted by Gasteiger charge is 2.18. The number of anilines is 1. The van der Waals surface area contributed by atoms with Crippen LogP contribution in [0.3, 0.4) is 0 Å². The average Bonchev–Trinajstić information content (AvgIpc) is 2.79. The number of aromatic hydroxyl groups is 1. The van der Waals surface area contributed by atoms with Crippen molar-refractivity contribution in [3.05, 3.63) is 90.0 Å². The van der Waals surface area contributed by atoms with E-state index in [1.54, 1.807) is 37.4 Å². The molecule has 0 aliphatic heterocycles. The number of hydrogen-bond donors (Lipinski definition) is 2. The minimum absolute atomic E-state index is 0.118. The lowest BCUT2D eigenvalue weighted by molar-refractivity contribution is 0.102. The highest BCUT2D eigenvalue weighted by Crippen LogP contribution is 2.39. The van der Waals surface area contributed by atoms with Crippen LogP contribution in [0.4, 0.5) is 17.1 Å². The molecule has 0 spiro atoms. The molecule has 1 amide bonds. The van der Waals surface area contributed by atoms with Crippen LogP contribution < -0.4 is 10.1 Å². The quantitative estimate of drug-likeness (QED) is 0.366. The van der Waals surface area contributed by atoms with Gasteiger partial charge in [-0.3, -0.25) is 4.79 Å². The van der Waals surface area contributed by atoms with Crippen LogP contribution in [0, 0.1) is 6.92 Å². The minimum Gasteiger partial charge on any atom is -0.505 e. The summed E-state index contributed by atoms with van der Waals surface area (Å²) in [6.07, 6.45) is 0. The maximum absolute atomic E-state index is 12.9. The predicted octanol–water partition coefficient (Wildman–Crippen LogP) is 6.53. The summed E-state index contributed by atoms with van der Waals surface area (Å²) in [5.41, 5.74) is 2.72. The Bertz CT molecular complexity index is 1260. The number of carbonyl (C=O) groups excluding carboxylic acids is 1. The zero-order chi connectivity index (χ0) is 21.8. The predicted molar refractivity (Wildman–Crippen MR) is 122 cm³/mol. The molecule has 0 bridgehead atoms. The lowest BCUT2D eigenvalue weighted by Crippen LogP contribution is -2.12. The number of azo groups is 1. The first kappa shape index (κ1) is 20.1. The first-order valence-corrected chi connectivity index (χ1v) is 9.73. The Hall–Kier alpha value is -4.19. The summed E-state index contributed by atoms with van der Waals surface area (Å²) in [5, 5.41) is 23.7. The number of ether oxygens (including phenoxy) is 1. The van der Waals surface area contributed by atoms with Gasteiger partial charge >= 0.3 is 0 Å². The second-order valence-electron chi connectivity index (χ2n) is 7.06. The Kier molecular flexibility index (Phi) is 5.62. The van der Waals surface area contributed by atoms with Gasteiger partial charge in [-0.25, -0.2) is 0 Å². The molecule has 0 unspecified atom stereocenters. The van der Waals surface area contributed by atoms with Crippen LogP contribution in [0.25, 0.3) is 10.8 Å². The van der Waals surface area contributed by atoms with E-state index in [0.717, 1.165) is 10.9 Å². The number of methoxy groups -OCH3 is 1. The Labute approximate surface area is 179 Å². The van der Waals surface area contributed by atoms with Crippen molar-refractivity contribution in [2.45, 2.75) is 6.92 Å². The van der Waals surface area contributed by atoms with Crippen LogP contribution in [0.5, 0.6) is 11.5 Å². The molecule has 0 fully saturated rings. The van der Waals surface area contributed by atoms with Crippen LogP contribution in [-0.2, 0) is 0 Å². The average molecular weight is 411 g/mol. The Morgan fingerprint density at radius 1 is 0.935 bits per heavy atom. The fraction of sp³-hybridized carbons (Fsp3) is 0.0800. The molecule has 2 N–H and O–H groups in total. The van der Waals surface area contributed by atoms with Gasteiger partial charge in [-0.1, -0.05) is 42.0 Å². The van der Waals surface area contributed by atoms with Gasteiger partial charge in [0.05, 0.1) is 18.4 Å². The Morgan fingerprint density at radius 2 is 1.65 bits per heavy atom. The molecule has 0 saturated carbocycles. The van der Waals surface area contributed by atoms with Gasteiger partial charge in [0, 0.05) is 11.1 Å². The molecule has 4 aromatic rings. The fourth-order valence-corrected chi connectivity index (χ4v) is 3.18. The molecule has 6 nitrogen and oxygen atoms in total. The van der Waals surface area contributed by atoms with E-state index in [-0.39, 0.29) is 17.0 Å². The van der Waals surface area contributed by atoms with Gasteiger partial charge in [0.2, 0.25) is 0 Å². The first-order valence-electron chi connectivity index (χ1n) is 9.73. The summed E-state index contributed by atoms with van der Waals surface area (Å²) < 4.78 is 5.14. The van der Waals surface area contributed by atoms with Gasteiger partial charge in [0.1, 0.15) is 11.4 Å². The van der Waals surface area contributed by atoms with Gasteiger partial charge in [-0.15, -0.1) is 5.11 Å². The van der Waals surface area contributed by atoms with E-state index < -0.39 is 5.91 Å². The molecule has 0 aliphatic rings. The molecule has 0 saturated heterocycles. The zero-order valence-corrected chi connectivity index (χ0v) is 17.2. The van der Waals surface area contributed by atoms with Crippen LogP contribution >= 0.6 is 0 Å². The van der Waals surface area contributed by atoms with Crippen molar-refractivity contribution in [2.75, 3.05) is 12.4 Å². The fourth-order valence-electron chi connectivity index (χ4n) is 3.18. The molecule has 154 valence electrons. The lowest BCUT2D eigenvalue weighted by atomic mass is 10.0. The van der Waals surface area contributed by atoms with Crippen molar-refractivity contribution in [2.24, 2.45) is 10.2 Å². The van der Waals surface area contributed by atoms with Crippen molar-refractivity contribution >= 4 is 33.7 Å². The van der Waals surface area contributed by atoms with Gasteiger partial charge in [-0.2, -0.15) is 5.11 Å². The molecule has 4 rings (SSSR count). The van der Waals surface area contributed by atoms with Crippen LogP contribution in [0.15, 0.2) is 89.1 Å². The number of hydrogen-bond acceptors (Lipinski definition) is 5. The summed E-state index contributed by atoms with van der Waals surface area (Å²) >= 11 is 0. The molecule has 0 heterocycles. The third kappa shape index (κ3) is 4.38. The zero-order valence-electron chi connectivity index (χ0n) is 17.2. The maximum Gasteiger partial charge on any atom is 0.259 e. The number of rotatable bonds is 5. The van der Waals surface area contributed by atoms with Crippen LogP contribution in [0.2, 0.25) is 0 Å². The van der Waals surface area contributed by atoms with E-state index in [4.69, 9.17) is 4.74 Å².